The molecular weight excluding hydrogens is 288 g/mol. The van der Waals surface area contributed by atoms with E-state index in [4.69, 9.17) is 9.47 Å². The average Bonchev–Trinajstić information content (AvgIpc) is 2.57. The lowest BCUT2D eigenvalue weighted by Crippen LogP contribution is -2.05. The Morgan fingerprint density at radius 3 is 2.69 bits per heavy atom. The summed E-state index contributed by atoms with van der Waals surface area (Å²) in [6.45, 7) is 0. The number of hydrogen-bond donors (Lipinski definition) is 0. The third-order valence-electron chi connectivity index (χ3n) is 1.58. The Balaban J connectivity index is 2.38. The molecule has 3 nitrogen and oxygen atoms in total. The van der Waals surface area contributed by atoms with Crippen molar-refractivity contribution in [1.29, 1.82) is 0 Å². The van der Waals surface area contributed by atoms with Gasteiger partial charge in [-0.05, 0) is 28.7 Å². The summed E-state index contributed by atoms with van der Waals surface area (Å²) in [7, 11) is 0. The molecule has 1 aliphatic heterocycles. The van der Waals surface area contributed by atoms with E-state index in [1.54, 1.807) is 6.07 Å². The lowest BCUT2D eigenvalue weighted by Gasteiger charge is -2.11. The molecule has 0 amide bonds. The normalized spacial score (nSPS) is 15.5. The van der Waals surface area contributed by atoms with Crippen LogP contribution < -0.4 is 0 Å². The third-order valence-corrected chi connectivity index (χ3v) is 2.52. The fourth-order valence-corrected chi connectivity index (χ4v) is 1.65. The number of hydrogen-bond acceptors (Lipinski definition) is 3. The van der Waals surface area contributed by atoms with Crippen LogP contribution in [0.15, 0.2) is 24.8 Å². The van der Waals surface area contributed by atoms with E-state index in [9.17, 15) is 4.39 Å². The lowest BCUT2D eigenvalue weighted by molar-refractivity contribution is -0.0283. The molecule has 0 fully saturated rings. The van der Waals surface area contributed by atoms with Crippen LogP contribution in [0.4, 0.5) is 4.39 Å². The minimum absolute atomic E-state index is 0.341. The SMILES string of the molecule is Fc1nccc(I)c1C1OC=CO1. The smallest absolute Gasteiger partial charge is 0.271 e. The molecule has 5 heteroatoms. The van der Waals surface area contributed by atoms with Crippen molar-refractivity contribution in [3.8, 4) is 0 Å². The van der Waals surface area contributed by atoms with Crippen molar-refractivity contribution in [2.75, 3.05) is 0 Å². The minimum Gasteiger partial charge on any atom is -0.455 e. The van der Waals surface area contributed by atoms with Gasteiger partial charge >= 0.3 is 0 Å². The van der Waals surface area contributed by atoms with Crippen LogP contribution in [-0.4, -0.2) is 4.98 Å². The Kier molecular flexibility index (Phi) is 2.34. The first-order valence-corrected chi connectivity index (χ1v) is 4.63. The highest BCUT2D eigenvalue weighted by molar-refractivity contribution is 14.1. The summed E-state index contributed by atoms with van der Waals surface area (Å²) in [6, 6.07) is 1.70. The van der Waals surface area contributed by atoms with Crippen LogP contribution in [0.1, 0.15) is 11.9 Å². The highest BCUT2D eigenvalue weighted by Crippen LogP contribution is 2.28. The summed E-state index contributed by atoms with van der Waals surface area (Å²) in [5.41, 5.74) is 0.341. The Hall–Kier alpha value is -0.850. The van der Waals surface area contributed by atoms with E-state index < -0.39 is 12.2 Å². The maximum absolute atomic E-state index is 13.2. The first kappa shape index (κ1) is 8.74. The number of pyridine rings is 1. The molecule has 0 aromatic carbocycles. The summed E-state index contributed by atoms with van der Waals surface area (Å²) >= 11 is 2.01. The van der Waals surface area contributed by atoms with E-state index in [1.807, 2.05) is 22.6 Å². The summed E-state index contributed by atoms with van der Waals surface area (Å²) in [6.07, 6.45) is 3.48. The molecule has 68 valence electrons. The number of ether oxygens (including phenoxy) is 2. The molecule has 0 radical (unpaired) electrons. The van der Waals surface area contributed by atoms with Crippen LogP contribution in [0.5, 0.6) is 0 Å². The molecule has 1 aliphatic rings. The molecule has 13 heavy (non-hydrogen) atoms. The van der Waals surface area contributed by atoms with Crippen molar-refractivity contribution < 1.29 is 13.9 Å². The Morgan fingerprint density at radius 2 is 2.08 bits per heavy atom. The van der Waals surface area contributed by atoms with E-state index in [0.717, 1.165) is 3.57 Å². The van der Waals surface area contributed by atoms with Gasteiger partial charge in [0.2, 0.25) is 5.95 Å². The zero-order valence-corrected chi connectivity index (χ0v) is 8.56. The number of rotatable bonds is 1. The zero-order chi connectivity index (χ0) is 9.26. The van der Waals surface area contributed by atoms with E-state index in [0.29, 0.717) is 5.56 Å². The second-order valence-electron chi connectivity index (χ2n) is 2.37. The molecule has 0 unspecified atom stereocenters. The van der Waals surface area contributed by atoms with Crippen molar-refractivity contribution in [3.05, 3.63) is 39.9 Å². The molecule has 1 aromatic heterocycles. The second kappa shape index (κ2) is 3.49. The molecule has 0 spiro atoms. The maximum atomic E-state index is 13.2. The van der Waals surface area contributed by atoms with Gasteiger partial charge in [-0.1, -0.05) is 0 Å². The number of nitrogens with zero attached hydrogens (tertiary/aromatic N) is 1. The van der Waals surface area contributed by atoms with E-state index in [-0.39, 0.29) is 0 Å². The zero-order valence-electron chi connectivity index (χ0n) is 6.41. The fourth-order valence-electron chi connectivity index (χ4n) is 1.01. The van der Waals surface area contributed by atoms with Gasteiger partial charge in [0, 0.05) is 9.77 Å². The first-order valence-electron chi connectivity index (χ1n) is 3.55. The largest absolute Gasteiger partial charge is 0.455 e. The van der Waals surface area contributed by atoms with Crippen LogP contribution in [0.25, 0.3) is 0 Å². The van der Waals surface area contributed by atoms with Crippen molar-refractivity contribution in [2.45, 2.75) is 6.29 Å². The monoisotopic (exact) mass is 293 g/mol. The lowest BCUT2D eigenvalue weighted by atomic mass is 10.3. The van der Waals surface area contributed by atoms with Gasteiger partial charge in [-0.25, -0.2) is 4.98 Å². The van der Waals surface area contributed by atoms with Gasteiger partial charge in [0.1, 0.15) is 18.1 Å². The standard InChI is InChI=1S/C8H5FINO2/c9-7-6(5(10)1-2-11-7)8-12-3-4-13-8/h1-4,8H. The van der Waals surface area contributed by atoms with Crippen LogP contribution in [0.2, 0.25) is 0 Å². The van der Waals surface area contributed by atoms with Crippen molar-refractivity contribution in [2.24, 2.45) is 0 Å². The molecule has 0 atom stereocenters. The predicted octanol–water partition coefficient (Wildman–Crippen LogP) is 2.34. The van der Waals surface area contributed by atoms with Crippen LogP contribution >= 0.6 is 22.6 Å². The summed E-state index contributed by atoms with van der Waals surface area (Å²) in [4.78, 5) is 3.53. The van der Waals surface area contributed by atoms with Crippen LogP contribution in [0, 0.1) is 9.52 Å². The van der Waals surface area contributed by atoms with Crippen molar-refractivity contribution in [1.82, 2.24) is 4.98 Å². The fraction of sp³-hybridized carbons (Fsp3) is 0.125. The van der Waals surface area contributed by atoms with Gasteiger partial charge < -0.3 is 9.47 Å². The third kappa shape index (κ3) is 1.60. The molecular formula is C8H5FINO2. The molecule has 1 aromatic rings. The van der Waals surface area contributed by atoms with Crippen molar-refractivity contribution in [3.63, 3.8) is 0 Å². The van der Waals surface area contributed by atoms with Gasteiger partial charge in [0.15, 0.2) is 0 Å². The van der Waals surface area contributed by atoms with E-state index >= 15 is 0 Å². The predicted molar refractivity (Wildman–Crippen MR) is 51.0 cm³/mol. The Bertz CT molecular complexity index is 328. The van der Waals surface area contributed by atoms with Crippen molar-refractivity contribution >= 4 is 22.6 Å². The highest BCUT2D eigenvalue weighted by Gasteiger charge is 2.23. The summed E-state index contributed by atoms with van der Waals surface area (Å²) in [5, 5.41) is 0. The molecule has 0 saturated carbocycles. The summed E-state index contributed by atoms with van der Waals surface area (Å²) in [5.74, 6) is -0.555. The Morgan fingerprint density at radius 1 is 1.38 bits per heavy atom. The molecule has 0 saturated heterocycles. The van der Waals surface area contributed by atoms with Crippen LogP contribution in [-0.2, 0) is 9.47 Å². The van der Waals surface area contributed by atoms with Gasteiger partial charge in [0.05, 0.1) is 0 Å². The van der Waals surface area contributed by atoms with Gasteiger partial charge in [0.25, 0.3) is 6.29 Å². The Labute approximate surface area is 87.7 Å². The van der Waals surface area contributed by atoms with Gasteiger partial charge in [-0.3, -0.25) is 0 Å². The molecule has 2 heterocycles. The highest BCUT2D eigenvalue weighted by atomic mass is 127. The molecule has 0 N–H and O–H groups in total. The molecule has 0 bridgehead atoms. The van der Waals surface area contributed by atoms with Crippen LogP contribution in [0.3, 0.4) is 0 Å². The van der Waals surface area contributed by atoms with Gasteiger partial charge in [-0.2, -0.15) is 4.39 Å². The molecule has 0 aliphatic carbocycles. The minimum atomic E-state index is -0.694. The maximum Gasteiger partial charge on any atom is 0.271 e. The quantitative estimate of drug-likeness (QED) is 0.588. The van der Waals surface area contributed by atoms with E-state index in [1.165, 1.54) is 18.7 Å². The first-order chi connectivity index (χ1) is 6.29. The topological polar surface area (TPSA) is 31.4 Å². The van der Waals surface area contributed by atoms with Gasteiger partial charge in [-0.15, -0.1) is 0 Å². The van der Waals surface area contributed by atoms with E-state index in [2.05, 4.69) is 4.98 Å². The average molecular weight is 293 g/mol. The second-order valence-corrected chi connectivity index (χ2v) is 3.54. The number of aromatic nitrogens is 1. The molecule has 2 rings (SSSR count). The number of halogens is 2. The summed E-state index contributed by atoms with van der Waals surface area (Å²) < 4.78 is 24.0.